The van der Waals surface area contributed by atoms with Gasteiger partial charge in [0, 0.05) is 30.3 Å². The molecule has 1 aliphatic carbocycles. The summed E-state index contributed by atoms with van der Waals surface area (Å²) in [6.45, 7) is 1.13. The topological polar surface area (TPSA) is 59.0 Å². The zero-order valence-corrected chi connectivity index (χ0v) is 14.6. The molecule has 5 heteroatoms. The van der Waals surface area contributed by atoms with Gasteiger partial charge in [-0.3, -0.25) is 0 Å². The summed E-state index contributed by atoms with van der Waals surface area (Å²) in [5.74, 6) is 0. The van der Waals surface area contributed by atoms with Gasteiger partial charge in [-0.1, -0.05) is 48.5 Å². The smallest absolute Gasteiger partial charge is 0.315 e. The third-order valence-corrected chi connectivity index (χ3v) is 4.94. The van der Waals surface area contributed by atoms with Crippen LogP contribution in [0.4, 0.5) is 4.79 Å². The first kappa shape index (κ1) is 16.4. The van der Waals surface area contributed by atoms with Gasteiger partial charge in [-0.25, -0.2) is 9.48 Å². The molecule has 2 amide bonds. The van der Waals surface area contributed by atoms with Gasteiger partial charge >= 0.3 is 6.03 Å². The molecule has 3 aromatic rings. The molecule has 0 bridgehead atoms. The molecular weight excluding hydrogens is 324 g/mol. The summed E-state index contributed by atoms with van der Waals surface area (Å²) in [6.07, 6.45) is 5.96. The molecule has 0 radical (unpaired) electrons. The van der Waals surface area contributed by atoms with Crippen LogP contribution in [0.1, 0.15) is 24.0 Å². The van der Waals surface area contributed by atoms with Crippen molar-refractivity contribution in [2.75, 3.05) is 6.54 Å². The van der Waals surface area contributed by atoms with E-state index in [0.717, 1.165) is 24.1 Å². The first-order valence-electron chi connectivity index (χ1n) is 8.91. The molecule has 0 aliphatic heterocycles. The van der Waals surface area contributed by atoms with Crippen molar-refractivity contribution in [1.82, 2.24) is 20.4 Å². The molecule has 1 aliphatic rings. The number of urea groups is 1. The Balaban J connectivity index is 1.28. The number of carbonyl (C=O) groups excluding carboxylic acids is 1. The van der Waals surface area contributed by atoms with Crippen LogP contribution in [0.3, 0.4) is 0 Å². The molecule has 1 saturated carbocycles. The van der Waals surface area contributed by atoms with Crippen molar-refractivity contribution in [3.05, 3.63) is 84.2 Å². The van der Waals surface area contributed by atoms with E-state index in [1.54, 1.807) is 6.20 Å². The molecule has 0 spiro atoms. The van der Waals surface area contributed by atoms with E-state index in [1.807, 2.05) is 47.3 Å². The molecule has 2 aromatic carbocycles. The average Bonchev–Trinajstić information content (AvgIpc) is 3.35. The molecule has 1 fully saturated rings. The number of para-hydroxylation sites is 1. The van der Waals surface area contributed by atoms with E-state index in [9.17, 15) is 4.79 Å². The molecular formula is C21H22N4O. The number of aromatic nitrogens is 2. The van der Waals surface area contributed by atoms with Gasteiger partial charge in [0.05, 0.1) is 11.9 Å². The summed E-state index contributed by atoms with van der Waals surface area (Å²) in [5, 5.41) is 10.3. The minimum absolute atomic E-state index is 0.122. The highest BCUT2D eigenvalue weighted by atomic mass is 16.2. The molecule has 2 N–H and O–H groups in total. The fourth-order valence-corrected chi connectivity index (χ4v) is 3.18. The molecule has 1 aromatic heterocycles. The van der Waals surface area contributed by atoms with E-state index in [0.29, 0.717) is 13.1 Å². The van der Waals surface area contributed by atoms with Crippen molar-refractivity contribution in [2.24, 2.45) is 0 Å². The van der Waals surface area contributed by atoms with E-state index < -0.39 is 0 Å². The standard InChI is InChI=1S/C21H22N4O/c26-20(23-16-21(11-12-21)18-7-3-1-4-8-18)22-13-17-14-24-25(15-17)19-9-5-2-6-10-19/h1-10,14-15H,11-13,16H2,(H2,22,23,26). The van der Waals surface area contributed by atoms with Crippen molar-refractivity contribution >= 4 is 6.03 Å². The van der Waals surface area contributed by atoms with Crippen molar-refractivity contribution in [3.8, 4) is 5.69 Å². The number of rotatable bonds is 6. The number of carbonyl (C=O) groups is 1. The van der Waals surface area contributed by atoms with Crippen LogP contribution >= 0.6 is 0 Å². The number of amides is 2. The van der Waals surface area contributed by atoms with Crippen LogP contribution in [0.25, 0.3) is 5.69 Å². The maximum absolute atomic E-state index is 12.1. The van der Waals surface area contributed by atoms with Crippen LogP contribution in [0, 0.1) is 0 Å². The highest BCUT2D eigenvalue weighted by Crippen LogP contribution is 2.47. The maximum Gasteiger partial charge on any atom is 0.315 e. The van der Waals surface area contributed by atoms with E-state index in [-0.39, 0.29) is 11.4 Å². The van der Waals surface area contributed by atoms with E-state index in [4.69, 9.17) is 0 Å². The number of nitrogens with zero attached hydrogens (tertiary/aromatic N) is 2. The second-order valence-electron chi connectivity index (χ2n) is 6.81. The molecule has 0 unspecified atom stereocenters. The van der Waals surface area contributed by atoms with Gasteiger partial charge in [-0.05, 0) is 30.5 Å². The second kappa shape index (κ2) is 7.04. The highest BCUT2D eigenvalue weighted by molar-refractivity contribution is 5.74. The zero-order chi connectivity index (χ0) is 17.8. The Morgan fingerprint density at radius 3 is 2.38 bits per heavy atom. The van der Waals surface area contributed by atoms with Crippen LogP contribution < -0.4 is 10.6 Å². The van der Waals surface area contributed by atoms with Gasteiger partial charge in [0.1, 0.15) is 0 Å². The van der Waals surface area contributed by atoms with Crippen LogP contribution in [-0.2, 0) is 12.0 Å². The molecule has 0 atom stereocenters. The lowest BCUT2D eigenvalue weighted by molar-refractivity contribution is 0.239. The zero-order valence-electron chi connectivity index (χ0n) is 14.6. The fraction of sp³-hybridized carbons (Fsp3) is 0.238. The molecule has 5 nitrogen and oxygen atoms in total. The number of benzene rings is 2. The summed E-state index contributed by atoms with van der Waals surface area (Å²) in [6, 6.07) is 20.2. The predicted molar refractivity (Wildman–Crippen MR) is 101 cm³/mol. The van der Waals surface area contributed by atoms with Gasteiger partial charge in [-0.15, -0.1) is 0 Å². The summed E-state index contributed by atoms with van der Waals surface area (Å²) in [5.41, 5.74) is 3.40. The summed E-state index contributed by atoms with van der Waals surface area (Å²) >= 11 is 0. The summed E-state index contributed by atoms with van der Waals surface area (Å²) in [4.78, 5) is 12.1. The lowest BCUT2D eigenvalue weighted by Crippen LogP contribution is -2.39. The molecule has 132 valence electrons. The minimum Gasteiger partial charge on any atom is -0.337 e. The van der Waals surface area contributed by atoms with Crippen molar-refractivity contribution in [3.63, 3.8) is 0 Å². The first-order valence-corrected chi connectivity index (χ1v) is 8.91. The maximum atomic E-state index is 12.1. The van der Waals surface area contributed by atoms with Crippen LogP contribution in [-0.4, -0.2) is 22.4 Å². The highest BCUT2D eigenvalue weighted by Gasteiger charge is 2.44. The average molecular weight is 346 g/mol. The van der Waals surface area contributed by atoms with Crippen LogP contribution in [0.15, 0.2) is 73.1 Å². The monoisotopic (exact) mass is 346 g/mol. The van der Waals surface area contributed by atoms with Gasteiger partial charge in [0.25, 0.3) is 0 Å². The molecule has 26 heavy (non-hydrogen) atoms. The number of hydrogen-bond donors (Lipinski definition) is 2. The SMILES string of the molecule is O=C(NCc1cnn(-c2ccccc2)c1)NCC1(c2ccccc2)CC1. The van der Waals surface area contributed by atoms with Crippen molar-refractivity contribution < 1.29 is 4.79 Å². The Morgan fingerprint density at radius 1 is 1.00 bits per heavy atom. The second-order valence-corrected chi connectivity index (χ2v) is 6.81. The van der Waals surface area contributed by atoms with Gasteiger partial charge in [0.15, 0.2) is 0 Å². The Labute approximate surface area is 153 Å². The predicted octanol–water partition coefficient (Wildman–Crippen LogP) is 3.40. The normalized spacial score (nSPS) is 14.6. The van der Waals surface area contributed by atoms with Crippen LogP contribution in [0.2, 0.25) is 0 Å². The number of hydrogen-bond acceptors (Lipinski definition) is 2. The van der Waals surface area contributed by atoms with Crippen molar-refractivity contribution in [1.29, 1.82) is 0 Å². The Kier molecular flexibility index (Phi) is 4.44. The van der Waals surface area contributed by atoms with E-state index in [2.05, 4.69) is 40.0 Å². The largest absolute Gasteiger partial charge is 0.337 e. The molecule has 0 saturated heterocycles. The lowest BCUT2D eigenvalue weighted by Gasteiger charge is -2.16. The Bertz CT molecular complexity index is 869. The lowest BCUT2D eigenvalue weighted by atomic mass is 9.96. The number of nitrogens with one attached hydrogen (secondary N) is 2. The summed E-state index contributed by atoms with van der Waals surface area (Å²) in [7, 11) is 0. The first-order chi connectivity index (χ1) is 12.8. The van der Waals surface area contributed by atoms with Gasteiger partial charge in [-0.2, -0.15) is 5.10 Å². The van der Waals surface area contributed by atoms with Crippen molar-refractivity contribution in [2.45, 2.75) is 24.8 Å². The van der Waals surface area contributed by atoms with E-state index in [1.165, 1.54) is 5.56 Å². The molecule has 1 heterocycles. The Morgan fingerprint density at radius 2 is 1.69 bits per heavy atom. The third-order valence-electron chi connectivity index (χ3n) is 4.94. The fourth-order valence-electron chi connectivity index (χ4n) is 3.18. The Hall–Kier alpha value is -3.08. The summed E-state index contributed by atoms with van der Waals surface area (Å²) < 4.78 is 1.81. The van der Waals surface area contributed by atoms with Gasteiger partial charge < -0.3 is 10.6 Å². The van der Waals surface area contributed by atoms with Gasteiger partial charge in [0.2, 0.25) is 0 Å². The quantitative estimate of drug-likeness (QED) is 0.719. The molecule has 4 rings (SSSR count). The third kappa shape index (κ3) is 3.61. The minimum atomic E-state index is -0.139. The van der Waals surface area contributed by atoms with Crippen LogP contribution in [0.5, 0.6) is 0 Å². The van der Waals surface area contributed by atoms with E-state index >= 15 is 0 Å².